The molecule has 1 amide bonds. The van der Waals surface area contributed by atoms with Crippen molar-refractivity contribution in [3.05, 3.63) is 88.4 Å². The highest BCUT2D eigenvalue weighted by atomic mass is 79.9. The van der Waals surface area contributed by atoms with Gasteiger partial charge in [-0.1, -0.05) is 36.4 Å². The van der Waals surface area contributed by atoms with E-state index in [1.165, 1.54) is 0 Å². The number of aromatic nitrogens is 4. The Kier molecular flexibility index (Phi) is 6.71. The molecule has 9 heteroatoms. The van der Waals surface area contributed by atoms with E-state index >= 15 is 0 Å². The number of fused-ring (bicyclic) bond motifs is 1. The Morgan fingerprint density at radius 2 is 1.88 bits per heavy atom. The zero-order valence-corrected chi connectivity index (χ0v) is 20.2. The van der Waals surface area contributed by atoms with E-state index in [0.29, 0.717) is 26.2 Å². The van der Waals surface area contributed by atoms with Crippen molar-refractivity contribution in [1.82, 2.24) is 24.5 Å². The minimum atomic E-state index is -0.261. The van der Waals surface area contributed by atoms with Crippen molar-refractivity contribution in [2.24, 2.45) is 0 Å². The van der Waals surface area contributed by atoms with Crippen LogP contribution in [0.15, 0.2) is 71.6 Å². The van der Waals surface area contributed by atoms with Gasteiger partial charge in [-0.3, -0.25) is 4.98 Å². The summed E-state index contributed by atoms with van der Waals surface area (Å²) >= 11 is 3.57. The van der Waals surface area contributed by atoms with Crippen LogP contribution in [0, 0.1) is 0 Å². The van der Waals surface area contributed by atoms with Crippen LogP contribution in [0.25, 0.3) is 5.65 Å². The molecule has 1 fully saturated rings. The van der Waals surface area contributed by atoms with E-state index in [1.807, 2.05) is 48.7 Å². The highest BCUT2D eigenvalue weighted by molar-refractivity contribution is 9.10. The van der Waals surface area contributed by atoms with E-state index in [2.05, 4.69) is 37.4 Å². The van der Waals surface area contributed by atoms with E-state index in [0.717, 1.165) is 45.6 Å². The molecule has 174 valence electrons. The summed E-state index contributed by atoms with van der Waals surface area (Å²) < 4.78 is 8.16. The Labute approximate surface area is 206 Å². The van der Waals surface area contributed by atoms with Gasteiger partial charge >= 0.3 is 6.09 Å². The van der Waals surface area contributed by atoms with Crippen LogP contribution in [-0.2, 0) is 17.9 Å². The molecule has 0 saturated carbocycles. The molecule has 0 aliphatic carbocycles. The van der Waals surface area contributed by atoms with Gasteiger partial charge < -0.3 is 15.0 Å². The minimum Gasteiger partial charge on any atom is -0.445 e. The third kappa shape index (κ3) is 5.04. The molecular formula is C25H25BrN6O2. The number of nitrogens with one attached hydrogen (secondary N) is 1. The molecule has 0 bridgehead atoms. The molecular weight excluding hydrogens is 496 g/mol. The Balaban J connectivity index is 1.25. The lowest BCUT2D eigenvalue weighted by molar-refractivity contribution is 0.0868. The Morgan fingerprint density at radius 1 is 1.09 bits per heavy atom. The van der Waals surface area contributed by atoms with E-state index < -0.39 is 0 Å². The maximum atomic E-state index is 12.5. The number of amides is 1. The fraction of sp³-hybridized carbons (Fsp3) is 0.280. The number of piperidine rings is 1. The average molecular weight is 521 g/mol. The highest BCUT2D eigenvalue weighted by Crippen LogP contribution is 2.31. The minimum absolute atomic E-state index is 0.254. The smallest absolute Gasteiger partial charge is 0.410 e. The van der Waals surface area contributed by atoms with Crippen molar-refractivity contribution in [2.45, 2.75) is 31.9 Å². The fourth-order valence-electron chi connectivity index (χ4n) is 4.15. The number of nitrogens with zero attached hydrogens (tertiary/aromatic N) is 5. The second-order valence-corrected chi connectivity index (χ2v) is 9.16. The number of pyridine rings is 1. The molecule has 4 aromatic rings. The van der Waals surface area contributed by atoms with E-state index in [9.17, 15) is 4.79 Å². The second kappa shape index (κ2) is 10.2. The third-order valence-corrected chi connectivity index (χ3v) is 6.58. The van der Waals surface area contributed by atoms with E-state index in [1.54, 1.807) is 21.8 Å². The van der Waals surface area contributed by atoms with Gasteiger partial charge in [0, 0.05) is 49.7 Å². The summed E-state index contributed by atoms with van der Waals surface area (Å²) in [5, 5.41) is 7.93. The van der Waals surface area contributed by atoms with Crippen LogP contribution in [0.3, 0.4) is 0 Å². The molecule has 0 unspecified atom stereocenters. The molecule has 5 rings (SSSR count). The lowest BCUT2D eigenvalue weighted by Crippen LogP contribution is -2.38. The van der Waals surface area contributed by atoms with Crippen molar-refractivity contribution in [3.63, 3.8) is 0 Å². The van der Waals surface area contributed by atoms with E-state index in [-0.39, 0.29) is 12.0 Å². The van der Waals surface area contributed by atoms with Crippen molar-refractivity contribution in [3.8, 4) is 0 Å². The number of ether oxygens (including phenoxy) is 1. The summed E-state index contributed by atoms with van der Waals surface area (Å²) in [5.41, 5.74) is 3.85. The topological polar surface area (TPSA) is 84.7 Å². The molecule has 4 heterocycles. The zero-order valence-electron chi connectivity index (χ0n) is 18.6. The molecule has 3 aromatic heterocycles. The van der Waals surface area contributed by atoms with Gasteiger partial charge in [-0.15, -0.1) is 0 Å². The molecule has 1 N–H and O–H groups in total. The monoisotopic (exact) mass is 520 g/mol. The van der Waals surface area contributed by atoms with Crippen LogP contribution in [0.5, 0.6) is 0 Å². The van der Waals surface area contributed by atoms with Gasteiger partial charge in [0.05, 0.1) is 10.7 Å². The molecule has 8 nitrogen and oxygen atoms in total. The molecule has 1 saturated heterocycles. The van der Waals surface area contributed by atoms with Crippen LogP contribution in [0.2, 0.25) is 0 Å². The first-order valence-electron chi connectivity index (χ1n) is 11.3. The lowest BCUT2D eigenvalue weighted by Gasteiger charge is -2.31. The second-order valence-electron chi connectivity index (χ2n) is 8.31. The zero-order chi connectivity index (χ0) is 23.3. The van der Waals surface area contributed by atoms with Gasteiger partial charge in [0.1, 0.15) is 12.4 Å². The van der Waals surface area contributed by atoms with Gasteiger partial charge in [-0.25, -0.2) is 9.78 Å². The first-order chi connectivity index (χ1) is 16.7. The molecule has 0 spiro atoms. The maximum Gasteiger partial charge on any atom is 0.410 e. The predicted molar refractivity (Wildman–Crippen MR) is 132 cm³/mol. The van der Waals surface area contributed by atoms with Crippen molar-refractivity contribution in [1.29, 1.82) is 0 Å². The standard InChI is InChI=1S/C25H25BrN6O2/c26-21-16-29-32-23(28-15-19-7-4-10-27-14-19)13-22(30-24(21)32)20-8-11-31(12-9-20)25(33)34-17-18-5-2-1-3-6-18/h1-7,10,13-14,16,20,28H,8-9,11-12,15,17H2. The first kappa shape index (κ1) is 22.3. The van der Waals surface area contributed by atoms with Crippen LogP contribution in [0.1, 0.15) is 35.6 Å². The molecule has 1 aromatic carbocycles. The summed E-state index contributed by atoms with van der Waals surface area (Å²) in [6, 6.07) is 15.8. The number of carbonyl (C=O) groups excluding carboxylic acids is 1. The molecule has 34 heavy (non-hydrogen) atoms. The van der Waals surface area contributed by atoms with Crippen LogP contribution < -0.4 is 5.32 Å². The maximum absolute atomic E-state index is 12.5. The number of hydrogen-bond acceptors (Lipinski definition) is 6. The first-order valence-corrected chi connectivity index (χ1v) is 12.1. The number of anilines is 1. The molecule has 1 aliphatic rings. The van der Waals surface area contributed by atoms with Gasteiger partial charge in [0.25, 0.3) is 0 Å². The van der Waals surface area contributed by atoms with Gasteiger partial charge in [0.2, 0.25) is 0 Å². The fourth-order valence-corrected chi connectivity index (χ4v) is 4.50. The number of rotatable bonds is 6. The Morgan fingerprint density at radius 3 is 2.65 bits per heavy atom. The predicted octanol–water partition coefficient (Wildman–Crippen LogP) is 5.02. The average Bonchev–Trinajstić information content (AvgIpc) is 3.28. The Hall–Kier alpha value is -3.46. The van der Waals surface area contributed by atoms with Crippen molar-refractivity contribution < 1.29 is 9.53 Å². The Bertz CT molecular complexity index is 1260. The summed E-state index contributed by atoms with van der Waals surface area (Å²) in [6.07, 6.45) is 6.77. The number of halogens is 1. The lowest BCUT2D eigenvalue weighted by atomic mass is 9.93. The largest absolute Gasteiger partial charge is 0.445 e. The quantitative estimate of drug-likeness (QED) is 0.384. The summed E-state index contributed by atoms with van der Waals surface area (Å²) in [5.74, 6) is 1.13. The van der Waals surface area contributed by atoms with Crippen LogP contribution in [-0.4, -0.2) is 43.7 Å². The van der Waals surface area contributed by atoms with E-state index in [4.69, 9.17) is 9.72 Å². The highest BCUT2D eigenvalue weighted by Gasteiger charge is 2.26. The van der Waals surface area contributed by atoms with Gasteiger partial charge in [0.15, 0.2) is 5.65 Å². The number of likely N-dealkylation sites (tertiary alicyclic amines) is 1. The van der Waals surface area contributed by atoms with Crippen LogP contribution in [0.4, 0.5) is 10.6 Å². The summed E-state index contributed by atoms with van der Waals surface area (Å²) in [7, 11) is 0. The van der Waals surface area contributed by atoms with Gasteiger partial charge in [-0.05, 0) is 46.0 Å². The van der Waals surface area contributed by atoms with Crippen molar-refractivity contribution >= 4 is 33.5 Å². The summed E-state index contributed by atoms with van der Waals surface area (Å²) in [4.78, 5) is 23.4. The molecule has 0 radical (unpaired) electrons. The van der Waals surface area contributed by atoms with Crippen molar-refractivity contribution in [2.75, 3.05) is 18.4 Å². The molecule has 1 aliphatic heterocycles. The number of carbonyl (C=O) groups is 1. The number of benzene rings is 1. The summed E-state index contributed by atoms with van der Waals surface area (Å²) in [6.45, 7) is 2.21. The molecule has 0 atom stereocenters. The van der Waals surface area contributed by atoms with Gasteiger partial charge in [-0.2, -0.15) is 9.61 Å². The van der Waals surface area contributed by atoms with Crippen LogP contribution >= 0.6 is 15.9 Å². The third-order valence-electron chi connectivity index (χ3n) is 6.02. The number of hydrogen-bond donors (Lipinski definition) is 1. The normalized spacial score (nSPS) is 14.3. The SMILES string of the molecule is O=C(OCc1ccccc1)N1CCC(c2cc(NCc3cccnc3)n3ncc(Br)c3n2)CC1.